The predicted molar refractivity (Wildman–Crippen MR) is 116 cm³/mol. The van der Waals surface area contributed by atoms with Crippen molar-refractivity contribution in [3.63, 3.8) is 0 Å². The standard InChI is InChI=1S/C22H21N5OS/c1-2-12-27-18-10-6-4-8-16(18)20-21(27)23-22(25-24-20)29-14-19(28)26-13-11-15-7-3-5-9-17(15)26/h3-10H,2,11-14H2,1H3. The Kier molecular flexibility index (Phi) is 4.67. The molecule has 7 heteroatoms. The second-order valence-corrected chi connectivity index (χ2v) is 8.09. The molecule has 4 aromatic rings. The van der Waals surface area contributed by atoms with Crippen LogP contribution >= 0.6 is 11.8 Å². The van der Waals surface area contributed by atoms with Crippen molar-refractivity contribution in [2.24, 2.45) is 0 Å². The minimum Gasteiger partial charge on any atom is -0.324 e. The molecule has 0 N–H and O–H groups in total. The molecule has 0 radical (unpaired) electrons. The van der Waals surface area contributed by atoms with Gasteiger partial charge in [-0.25, -0.2) is 4.98 Å². The van der Waals surface area contributed by atoms with E-state index in [0.717, 1.165) is 53.7 Å². The molecule has 0 bridgehead atoms. The fourth-order valence-electron chi connectivity index (χ4n) is 4.00. The van der Waals surface area contributed by atoms with Gasteiger partial charge in [-0.15, -0.1) is 10.2 Å². The van der Waals surface area contributed by atoms with Crippen LogP contribution in [0.5, 0.6) is 0 Å². The first-order valence-electron chi connectivity index (χ1n) is 9.89. The van der Waals surface area contributed by atoms with Crippen LogP contribution in [0.25, 0.3) is 22.1 Å². The molecule has 1 aliphatic heterocycles. The topological polar surface area (TPSA) is 63.9 Å². The summed E-state index contributed by atoms with van der Waals surface area (Å²) in [5.74, 6) is 0.382. The van der Waals surface area contributed by atoms with Gasteiger partial charge in [0.2, 0.25) is 11.1 Å². The quantitative estimate of drug-likeness (QED) is 0.470. The van der Waals surface area contributed by atoms with Crippen molar-refractivity contribution in [3.05, 3.63) is 54.1 Å². The number of hydrogen-bond donors (Lipinski definition) is 0. The van der Waals surface area contributed by atoms with E-state index in [1.165, 1.54) is 17.3 Å². The lowest BCUT2D eigenvalue weighted by Gasteiger charge is -2.16. The molecule has 2 aromatic carbocycles. The molecule has 0 spiro atoms. The molecular formula is C22H21N5OS. The van der Waals surface area contributed by atoms with Gasteiger partial charge in [0.05, 0.1) is 11.3 Å². The number of aryl methyl sites for hydroxylation is 1. The molecule has 1 amide bonds. The van der Waals surface area contributed by atoms with E-state index < -0.39 is 0 Å². The Hall–Kier alpha value is -2.93. The second kappa shape index (κ2) is 7.48. The molecule has 0 aliphatic carbocycles. The number of thioether (sulfide) groups is 1. The third-order valence-electron chi connectivity index (χ3n) is 5.31. The summed E-state index contributed by atoms with van der Waals surface area (Å²) in [7, 11) is 0. The Bertz CT molecular complexity index is 1220. The SMILES string of the molecule is CCCn1c2ccccc2c2nnc(SCC(=O)N3CCc4ccccc43)nc21. The maximum Gasteiger partial charge on any atom is 0.237 e. The van der Waals surface area contributed by atoms with Gasteiger partial charge in [0.25, 0.3) is 0 Å². The van der Waals surface area contributed by atoms with Crippen LogP contribution in [0, 0.1) is 0 Å². The van der Waals surface area contributed by atoms with Crippen LogP contribution in [0.2, 0.25) is 0 Å². The molecule has 1 aliphatic rings. The van der Waals surface area contributed by atoms with Gasteiger partial charge in [0.15, 0.2) is 5.65 Å². The fourth-order valence-corrected chi connectivity index (χ4v) is 4.66. The normalized spacial score (nSPS) is 13.3. The van der Waals surface area contributed by atoms with Crippen molar-refractivity contribution in [3.8, 4) is 0 Å². The van der Waals surface area contributed by atoms with Crippen molar-refractivity contribution in [2.75, 3.05) is 17.2 Å². The lowest BCUT2D eigenvalue weighted by atomic mass is 10.2. The summed E-state index contributed by atoms with van der Waals surface area (Å²) in [5, 5.41) is 10.3. The minimum absolute atomic E-state index is 0.0812. The summed E-state index contributed by atoms with van der Waals surface area (Å²) in [6.07, 6.45) is 1.92. The maximum atomic E-state index is 12.8. The number of anilines is 1. The first kappa shape index (κ1) is 18.1. The van der Waals surface area contributed by atoms with Crippen LogP contribution in [0.1, 0.15) is 18.9 Å². The van der Waals surface area contributed by atoms with Crippen molar-refractivity contribution >= 4 is 45.4 Å². The molecule has 3 heterocycles. The molecule has 29 heavy (non-hydrogen) atoms. The average Bonchev–Trinajstić information content (AvgIpc) is 3.32. The Morgan fingerprint density at radius 3 is 2.83 bits per heavy atom. The summed E-state index contributed by atoms with van der Waals surface area (Å²) in [6.45, 7) is 3.76. The first-order chi connectivity index (χ1) is 14.3. The van der Waals surface area contributed by atoms with E-state index in [4.69, 9.17) is 4.98 Å². The third-order valence-corrected chi connectivity index (χ3v) is 6.14. The largest absolute Gasteiger partial charge is 0.324 e. The number of carbonyl (C=O) groups is 1. The number of carbonyl (C=O) groups excluding carboxylic acids is 1. The zero-order valence-corrected chi connectivity index (χ0v) is 17.0. The molecule has 0 atom stereocenters. The van der Waals surface area contributed by atoms with Crippen molar-refractivity contribution in [1.82, 2.24) is 19.7 Å². The van der Waals surface area contributed by atoms with E-state index in [-0.39, 0.29) is 5.91 Å². The summed E-state index contributed by atoms with van der Waals surface area (Å²) < 4.78 is 2.20. The molecule has 0 saturated carbocycles. The molecule has 0 saturated heterocycles. The minimum atomic E-state index is 0.0812. The van der Waals surface area contributed by atoms with Gasteiger partial charge in [-0.1, -0.05) is 55.1 Å². The van der Waals surface area contributed by atoms with Gasteiger partial charge in [-0.05, 0) is 30.5 Å². The fraction of sp³-hybridized carbons (Fsp3) is 0.273. The van der Waals surface area contributed by atoms with Crippen LogP contribution in [-0.4, -0.2) is 38.0 Å². The molecule has 0 unspecified atom stereocenters. The van der Waals surface area contributed by atoms with Gasteiger partial charge in [0, 0.05) is 24.2 Å². The maximum absolute atomic E-state index is 12.8. The van der Waals surface area contributed by atoms with Crippen LogP contribution in [0.4, 0.5) is 5.69 Å². The van der Waals surface area contributed by atoms with Crippen LogP contribution in [-0.2, 0) is 17.8 Å². The van der Waals surface area contributed by atoms with Gasteiger partial charge >= 0.3 is 0 Å². The van der Waals surface area contributed by atoms with Crippen LogP contribution in [0.15, 0.2) is 53.7 Å². The second-order valence-electron chi connectivity index (χ2n) is 7.15. The van der Waals surface area contributed by atoms with Gasteiger partial charge in [-0.2, -0.15) is 0 Å². The zero-order chi connectivity index (χ0) is 19.8. The predicted octanol–water partition coefficient (Wildman–Crippen LogP) is 4.07. The number of hydrogen-bond acceptors (Lipinski definition) is 5. The highest BCUT2D eigenvalue weighted by Crippen LogP contribution is 2.30. The highest BCUT2D eigenvalue weighted by Gasteiger charge is 2.24. The molecule has 6 nitrogen and oxygen atoms in total. The highest BCUT2D eigenvalue weighted by atomic mass is 32.2. The van der Waals surface area contributed by atoms with Crippen molar-refractivity contribution in [2.45, 2.75) is 31.5 Å². The van der Waals surface area contributed by atoms with Gasteiger partial charge < -0.3 is 9.47 Å². The van der Waals surface area contributed by atoms with E-state index in [9.17, 15) is 4.79 Å². The summed E-state index contributed by atoms with van der Waals surface area (Å²) >= 11 is 1.35. The van der Waals surface area contributed by atoms with E-state index in [2.05, 4.69) is 39.9 Å². The highest BCUT2D eigenvalue weighted by molar-refractivity contribution is 7.99. The Balaban J connectivity index is 1.41. The Labute approximate surface area is 172 Å². The van der Waals surface area contributed by atoms with E-state index in [0.29, 0.717) is 10.9 Å². The monoisotopic (exact) mass is 403 g/mol. The average molecular weight is 404 g/mol. The summed E-state index contributed by atoms with van der Waals surface area (Å²) in [4.78, 5) is 19.4. The van der Waals surface area contributed by atoms with Crippen LogP contribution < -0.4 is 4.90 Å². The molecular weight excluding hydrogens is 382 g/mol. The summed E-state index contributed by atoms with van der Waals surface area (Å²) in [6, 6.07) is 16.3. The van der Waals surface area contributed by atoms with Crippen molar-refractivity contribution < 1.29 is 4.79 Å². The van der Waals surface area contributed by atoms with Crippen molar-refractivity contribution in [1.29, 1.82) is 0 Å². The van der Waals surface area contributed by atoms with Gasteiger partial charge in [0.1, 0.15) is 5.52 Å². The number of para-hydroxylation sites is 2. The molecule has 146 valence electrons. The Morgan fingerprint density at radius 1 is 1.10 bits per heavy atom. The van der Waals surface area contributed by atoms with E-state index in [1.54, 1.807) is 0 Å². The van der Waals surface area contributed by atoms with E-state index >= 15 is 0 Å². The Morgan fingerprint density at radius 2 is 1.93 bits per heavy atom. The number of amides is 1. The van der Waals surface area contributed by atoms with Crippen LogP contribution in [0.3, 0.4) is 0 Å². The lowest BCUT2D eigenvalue weighted by molar-refractivity contribution is -0.116. The number of rotatable bonds is 5. The number of aromatic nitrogens is 4. The summed E-state index contributed by atoms with van der Waals surface area (Å²) in [5.41, 5.74) is 5.03. The third kappa shape index (κ3) is 3.15. The molecule has 0 fully saturated rings. The number of benzene rings is 2. The first-order valence-corrected chi connectivity index (χ1v) is 10.9. The molecule has 5 rings (SSSR count). The van der Waals surface area contributed by atoms with Gasteiger partial charge in [-0.3, -0.25) is 4.79 Å². The number of nitrogens with zero attached hydrogens (tertiary/aromatic N) is 5. The number of fused-ring (bicyclic) bond motifs is 4. The smallest absolute Gasteiger partial charge is 0.237 e. The zero-order valence-electron chi connectivity index (χ0n) is 16.2. The molecule has 2 aromatic heterocycles. The van der Waals surface area contributed by atoms with E-state index in [1.807, 2.05) is 35.2 Å². The lowest BCUT2D eigenvalue weighted by Crippen LogP contribution is -2.30.